The van der Waals surface area contributed by atoms with Crippen LogP contribution in [0.3, 0.4) is 0 Å². The van der Waals surface area contributed by atoms with E-state index < -0.39 is 0 Å². The molecule has 0 radical (unpaired) electrons. The van der Waals surface area contributed by atoms with Gasteiger partial charge in [-0.05, 0) is 56.4 Å². The standard InChI is InChI=1S/C17H21BO2S2/c1-16(2)17(3,4)20-18(19-16)13-8-6-12(7-9-13)15-14(21-5)10-11-22-15/h6-11H,1-5H3. The molecule has 22 heavy (non-hydrogen) atoms. The summed E-state index contributed by atoms with van der Waals surface area (Å²) in [5, 5.41) is 2.14. The molecule has 0 atom stereocenters. The van der Waals surface area contributed by atoms with E-state index in [-0.39, 0.29) is 18.3 Å². The minimum atomic E-state index is -0.296. The number of rotatable bonds is 3. The van der Waals surface area contributed by atoms with E-state index in [4.69, 9.17) is 9.31 Å². The molecule has 0 amide bonds. The maximum atomic E-state index is 6.10. The van der Waals surface area contributed by atoms with Crippen LogP contribution in [0, 0.1) is 0 Å². The number of hydrogen-bond donors (Lipinski definition) is 0. The average Bonchev–Trinajstić information content (AvgIpc) is 3.02. The lowest BCUT2D eigenvalue weighted by Crippen LogP contribution is -2.41. The fraction of sp³-hybridized carbons (Fsp3) is 0.412. The van der Waals surface area contributed by atoms with Crippen molar-refractivity contribution in [3.05, 3.63) is 35.7 Å². The Morgan fingerprint density at radius 3 is 2.09 bits per heavy atom. The van der Waals surface area contributed by atoms with Gasteiger partial charge in [0.2, 0.25) is 0 Å². The molecule has 2 heterocycles. The molecule has 2 aromatic rings. The fourth-order valence-corrected chi connectivity index (χ4v) is 4.22. The van der Waals surface area contributed by atoms with Gasteiger partial charge >= 0.3 is 7.12 Å². The first-order chi connectivity index (χ1) is 10.3. The highest BCUT2D eigenvalue weighted by atomic mass is 32.2. The van der Waals surface area contributed by atoms with Crippen molar-refractivity contribution < 1.29 is 9.31 Å². The lowest BCUT2D eigenvalue weighted by molar-refractivity contribution is 0.00578. The molecule has 0 unspecified atom stereocenters. The highest BCUT2D eigenvalue weighted by molar-refractivity contribution is 7.98. The highest BCUT2D eigenvalue weighted by Gasteiger charge is 2.51. The van der Waals surface area contributed by atoms with E-state index in [1.807, 2.05) is 0 Å². The van der Waals surface area contributed by atoms with E-state index in [2.05, 4.69) is 69.7 Å². The molecule has 1 aromatic carbocycles. The van der Waals surface area contributed by atoms with Crippen LogP contribution < -0.4 is 5.46 Å². The van der Waals surface area contributed by atoms with Gasteiger partial charge in [0.15, 0.2) is 0 Å². The van der Waals surface area contributed by atoms with Crippen molar-refractivity contribution in [2.75, 3.05) is 6.26 Å². The minimum absolute atomic E-state index is 0.289. The van der Waals surface area contributed by atoms with Crippen LogP contribution in [-0.4, -0.2) is 24.6 Å². The first-order valence-electron chi connectivity index (χ1n) is 7.41. The van der Waals surface area contributed by atoms with Crippen molar-refractivity contribution in [3.8, 4) is 10.4 Å². The molecule has 0 aliphatic carbocycles. The summed E-state index contributed by atoms with van der Waals surface area (Å²) < 4.78 is 12.2. The van der Waals surface area contributed by atoms with Crippen molar-refractivity contribution in [2.45, 2.75) is 43.8 Å². The van der Waals surface area contributed by atoms with Crippen molar-refractivity contribution >= 4 is 35.7 Å². The van der Waals surface area contributed by atoms with Gasteiger partial charge in [0.05, 0.1) is 11.2 Å². The number of hydrogen-bond acceptors (Lipinski definition) is 4. The van der Waals surface area contributed by atoms with Crippen LogP contribution in [0.5, 0.6) is 0 Å². The molecule has 1 aromatic heterocycles. The predicted molar refractivity (Wildman–Crippen MR) is 97.3 cm³/mol. The van der Waals surface area contributed by atoms with E-state index in [9.17, 15) is 0 Å². The van der Waals surface area contributed by atoms with Gasteiger partial charge < -0.3 is 9.31 Å². The van der Waals surface area contributed by atoms with Crippen LogP contribution in [0.15, 0.2) is 40.6 Å². The van der Waals surface area contributed by atoms with Crippen LogP contribution in [0.4, 0.5) is 0 Å². The number of thiophene rings is 1. The van der Waals surface area contributed by atoms with E-state index >= 15 is 0 Å². The van der Waals surface area contributed by atoms with E-state index in [0.29, 0.717) is 0 Å². The molecule has 1 fully saturated rings. The Bertz CT molecular complexity index is 646. The summed E-state index contributed by atoms with van der Waals surface area (Å²) in [4.78, 5) is 2.65. The molecule has 116 valence electrons. The van der Waals surface area contributed by atoms with Crippen LogP contribution >= 0.6 is 23.1 Å². The summed E-state index contributed by atoms with van der Waals surface area (Å²) in [6.45, 7) is 8.32. The molecule has 2 nitrogen and oxygen atoms in total. The first kappa shape index (κ1) is 16.1. The highest BCUT2D eigenvalue weighted by Crippen LogP contribution is 2.37. The van der Waals surface area contributed by atoms with Crippen LogP contribution in [0.2, 0.25) is 0 Å². The third kappa shape index (κ3) is 2.76. The Balaban J connectivity index is 1.84. The molecule has 0 spiro atoms. The largest absolute Gasteiger partial charge is 0.494 e. The van der Waals surface area contributed by atoms with Gasteiger partial charge in [-0.15, -0.1) is 23.1 Å². The third-order valence-corrected chi connectivity index (χ3v) is 6.42. The summed E-state index contributed by atoms with van der Waals surface area (Å²) in [6, 6.07) is 10.7. The molecule has 0 bridgehead atoms. The van der Waals surface area contributed by atoms with Gasteiger partial charge in [-0.1, -0.05) is 24.3 Å². The van der Waals surface area contributed by atoms with Gasteiger partial charge in [-0.2, -0.15) is 0 Å². The lowest BCUT2D eigenvalue weighted by Gasteiger charge is -2.32. The van der Waals surface area contributed by atoms with Crippen LogP contribution in [0.25, 0.3) is 10.4 Å². The summed E-state index contributed by atoms with van der Waals surface area (Å²) in [5.74, 6) is 0. The van der Waals surface area contributed by atoms with Crippen LogP contribution in [0.1, 0.15) is 27.7 Å². The Labute approximate surface area is 141 Å². The van der Waals surface area contributed by atoms with E-state index in [1.54, 1.807) is 23.1 Å². The zero-order valence-electron chi connectivity index (χ0n) is 13.7. The summed E-state index contributed by atoms with van der Waals surface area (Å²) in [7, 11) is -0.289. The molecular weight excluding hydrogens is 311 g/mol. The molecule has 1 saturated heterocycles. The number of thioether (sulfide) groups is 1. The minimum Gasteiger partial charge on any atom is -0.399 e. The Hall–Kier alpha value is -0.745. The molecule has 0 N–H and O–H groups in total. The second kappa shape index (κ2) is 5.71. The number of benzene rings is 1. The zero-order valence-corrected chi connectivity index (χ0v) is 15.3. The summed E-state index contributed by atoms with van der Waals surface area (Å²) in [6.07, 6.45) is 2.12. The van der Waals surface area contributed by atoms with Crippen LogP contribution in [-0.2, 0) is 9.31 Å². The summed E-state index contributed by atoms with van der Waals surface area (Å²) >= 11 is 3.57. The molecular formula is C17H21BO2S2. The second-order valence-corrected chi connectivity index (χ2v) is 8.29. The molecule has 0 saturated carbocycles. The maximum absolute atomic E-state index is 6.10. The Morgan fingerprint density at radius 2 is 1.55 bits per heavy atom. The van der Waals surface area contributed by atoms with E-state index in [1.165, 1.54) is 15.3 Å². The van der Waals surface area contributed by atoms with Gasteiger partial charge in [0.25, 0.3) is 0 Å². The first-order valence-corrected chi connectivity index (χ1v) is 9.52. The normalized spacial score (nSPS) is 19.6. The molecule has 3 rings (SSSR count). The molecule has 5 heteroatoms. The molecule has 1 aliphatic heterocycles. The SMILES string of the molecule is CSc1ccsc1-c1ccc(B2OC(C)(C)C(C)(C)O2)cc1. The smallest absolute Gasteiger partial charge is 0.399 e. The maximum Gasteiger partial charge on any atom is 0.494 e. The van der Waals surface area contributed by atoms with Crippen molar-refractivity contribution in [3.63, 3.8) is 0 Å². The fourth-order valence-electron chi connectivity index (χ4n) is 2.44. The third-order valence-electron chi connectivity index (χ3n) is 4.55. The monoisotopic (exact) mass is 332 g/mol. The Morgan fingerprint density at radius 1 is 0.955 bits per heavy atom. The van der Waals surface area contributed by atoms with Gasteiger partial charge in [-0.3, -0.25) is 0 Å². The second-order valence-electron chi connectivity index (χ2n) is 6.53. The summed E-state index contributed by atoms with van der Waals surface area (Å²) in [5.41, 5.74) is 1.73. The lowest BCUT2D eigenvalue weighted by atomic mass is 9.79. The van der Waals surface area contributed by atoms with Gasteiger partial charge in [0, 0.05) is 9.77 Å². The zero-order chi connectivity index (χ0) is 16.0. The van der Waals surface area contributed by atoms with Crippen molar-refractivity contribution in [1.29, 1.82) is 0 Å². The van der Waals surface area contributed by atoms with Gasteiger partial charge in [-0.25, -0.2) is 0 Å². The van der Waals surface area contributed by atoms with Gasteiger partial charge in [0.1, 0.15) is 0 Å². The van der Waals surface area contributed by atoms with Crippen molar-refractivity contribution in [2.24, 2.45) is 0 Å². The predicted octanol–water partition coefficient (Wildman–Crippen LogP) is 4.44. The molecule has 1 aliphatic rings. The topological polar surface area (TPSA) is 18.5 Å². The Kier molecular flexibility index (Phi) is 4.19. The van der Waals surface area contributed by atoms with Crippen molar-refractivity contribution in [1.82, 2.24) is 0 Å². The van der Waals surface area contributed by atoms with E-state index in [0.717, 1.165) is 5.46 Å². The quantitative estimate of drug-likeness (QED) is 0.612. The average molecular weight is 332 g/mol.